The van der Waals surface area contributed by atoms with Crippen molar-refractivity contribution in [1.82, 2.24) is 0 Å². The third-order valence-corrected chi connectivity index (χ3v) is 1.95. The summed E-state index contributed by atoms with van der Waals surface area (Å²) >= 11 is 0. The first kappa shape index (κ1) is 11.8. The highest BCUT2D eigenvalue weighted by molar-refractivity contribution is 5.31. The van der Waals surface area contributed by atoms with E-state index in [4.69, 9.17) is 14.6 Å². The lowest BCUT2D eigenvalue weighted by atomic mass is 10.1. The number of benzene rings is 1. The van der Waals surface area contributed by atoms with E-state index >= 15 is 0 Å². The molecular formula is C11H16O4. The Labute approximate surface area is 89.1 Å². The molecule has 1 aromatic rings. The molecule has 0 radical (unpaired) electrons. The van der Waals surface area contributed by atoms with Gasteiger partial charge in [-0.05, 0) is 31.2 Å². The van der Waals surface area contributed by atoms with Gasteiger partial charge in [-0.1, -0.05) is 0 Å². The van der Waals surface area contributed by atoms with Crippen LogP contribution < -0.4 is 9.47 Å². The molecule has 4 nitrogen and oxygen atoms in total. The van der Waals surface area contributed by atoms with Crippen LogP contribution in [-0.2, 0) is 0 Å². The Balaban J connectivity index is 2.51. The Morgan fingerprint density at radius 3 is 2.20 bits per heavy atom. The smallest absolute Gasteiger partial charge is 0.119 e. The third kappa shape index (κ3) is 3.77. The van der Waals surface area contributed by atoms with Gasteiger partial charge in [-0.2, -0.15) is 0 Å². The van der Waals surface area contributed by atoms with Crippen molar-refractivity contribution in [2.24, 2.45) is 0 Å². The maximum Gasteiger partial charge on any atom is 0.119 e. The van der Waals surface area contributed by atoms with Gasteiger partial charge in [-0.3, -0.25) is 0 Å². The van der Waals surface area contributed by atoms with E-state index in [0.717, 1.165) is 5.75 Å². The summed E-state index contributed by atoms with van der Waals surface area (Å²) in [4.78, 5) is 0. The molecule has 0 spiro atoms. The molecule has 0 aliphatic rings. The van der Waals surface area contributed by atoms with Gasteiger partial charge in [0, 0.05) is 0 Å². The molecule has 0 aromatic heterocycles. The molecule has 0 heterocycles. The van der Waals surface area contributed by atoms with Crippen molar-refractivity contribution in [3.63, 3.8) is 0 Å². The molecule has 0 aliphatic heterocycles. The molecular weight excluding hydrogens is 196 g/mol. The summed E-state index contributed by atoms with van der Waals surface area (Å²) in [7, 11) is 1.59. The zero-order chi connectivity index (χ0) is 11.3. The fourth-order valence-electron chi connectivity index (χ4n) is 0.956. The van der Waals surface area contributed by atoms with Gasteiger partial charge in [0.05, 0.1) is 13.7 Å². The van der Waals surface area contributed by atoms with Crippen LogP contribution in [0.25, 0.3) is 0 Å². The van der Waals surface area contributed by atoms with Gasteiger partial charge >= 0.3 is 0 Å². The van der Waals surface area contributed by atoms with Crippen molar-refractivity contribution >= 4 is 0 Å². The summed E-state index contributed by atoms with van der Waals surface area (Å²) in [6, 6.07) is 7.02. The van der Waals surface area contributed by atoms with E-state index in [1.165, 1.54) is 6.92 Å². The summed E-state index contributed by atoms with van der Waals surface area (Å²) in [5, 5.41) is 18.3. The normalized spacial score (nSPS) is 14.4. The van der Waals surface area contributed by atoms with Gasteiger partial charge < -0.3 is 19.7 Å². The highest BCUT2D eigenvalue weighted by Crippen LogP contribution is 2.18. The average Bonchev–Trinajstić information content (AvgIpc) is 2.27. The molecule has 15 heavy (non-hydrogen) atoms. The molecule has 1 rings (SSSR count). The summed E-state index contributed by atoms with van der Waals surface area (Å²) in [6.45, 7) is 1.23. The van der Waals surface area contributed by atoms with Crippen molar-refractivity contribution in [2.45, 2.75) is 12.5 Å². The zero-order valence-corrected chi connectivity index (χ0v) is 8.93. The van der Waals surface area contributed by atoms with E-state index in [1.54, 1.807) is 31.4 Å². The minimum atomic E-state index is -1.21. The van der Waals surface area contributed by atoms with Crippen molar-refractivity contribution in [3.8, 4) is 11.5 Å². The average molecular weight is 212 g/mol. The van der Waals surface area contributed by atoms with Crippen molar-refractivity contribution < 1.29 is 19.7 Å². The molecule has 0 saturated heterocycles. The molecule has 84 valence electrons. The number of methoxy groups -OCH3 is 1. The molecule has 2 N–H and O–H groups in total. The lowest BCUT2D eigenvalue weighted by molar-refractivity contribution is -0.0325. The second kappa shape index (κ2) is 5.00. The first-order chi connectivity index (χ1) is 7.07. The van der Waals surface area contributed by atoms with Gasteiger partial charge in [0.25, 0.3) is 0 Å². The SMILES string of the molecule is COc1ccc(OC[C@](C)(O)CO)cc1. The van der Waals surface area contributed by atoms with Crippen LogP contribution in [0.2, 0.25) is 0 Å². The minimum absolute atomic E-state index is 0.0514. The maximum atomic E-state index is 9.49. The Kier molecular flexibility index (Phi) is 3.94. The van der Waals surface area contributed by atoms with Gasteiger partial charge in [-0.15, -0.1) is 0 Å². The predicted octanol–water partition coefficient (Wildman–Crippen LogP) is 0.817. The van der Waals surface area contributed by atoms with E-state index in [0.29, 0.717) is 5.75 Å². The first-order valence-electron chi connectivity index (χ1n) is 4.67. The molecule has 0 unspecified atom stereocenters. The van der Waals surface area contributed by atoms with Crippen LogP contribution in [0.15, 0.2) is 24.3 Å². The molecule has 0 saturated carbocycles. The topological polar surface area (TPSA) is 58.9 Å². The van der Waals surface area contributed by atoms with Crippen LogP contribution in [0.5, 0.6) is 11.5 Å². The Hall–Kier alpha value is -1.26. The number of aliphatic hydroxyl groups is 2. The van der Waals surface area contributed by atoms with Crippen LogP contribution in [0.4, 0.5) is 0 Å². The van der Waals surface area contributed by atoms with Crippen molar-refractivity contribution in [1.29, 1.82) is 0 Å². The number of aliphatic hydroxyl groups excluding tert-OH is 1. The zero-order valence-electron chi connectivity index (χ0n) is 8.93. The molecule has 1 atom stereocenters. The minimum Gasteiger partial charge on any atom is -0.497 e. The summed E-state index contributed by atoms with van der Waals surface area (Å²) in [5.41, 5.74) is -1.21. The van der Waals surface area contributed by atoms with Gasteiger partial charge in [0.1, 0.15) is 23.7 Å². The molecule has 0 aliphatic carbocycles. The number of hydrogen-bond donors (Lipinski definition) is 2. The van der Waals surface area contributed by atoms with Crippen molar-refractivity contribution in [2.75, 3.05) is 20.3 Å². The monoisotopic (exact) mass is 212 g/mol. The van der Waals surface area contributed by atoms with Gasteiger partial charge in [0.2, 0.25) is 0 Å². The largest absolute Gasteiger partial charge is 0.497 e. The predicted molar refractivity (Wildman–Crippen MR) is 56.2 cm³/mol. The van der Waals surface area contributed by atoms with Crippen LogP contribution >= 0.6 is 0 Å². The second-order valence-corrected chi connectivity index (χ2v) is 3.62. The summed E-state index contributed by atoms with van der Waals surface area (Å²) in [6.07, 6.45) is 0. The Morgan fingerprint density at radius 1 is 1.20 bits per heavy atom. The standard InChI is InChI=1S/C11H16O4/c1-11(13,7-12)8-15-10-5-3-9(14-2)4-6-10/h3-6,12-13H,7-8H2,1-2H3/t11-/m1/s1. The Morgan fingerprint density at radius 2 is 1.73 bits per heavy atom. The maximum absolute atomic E-state index is 9.49. The molecule has 4 heteroatoms. The van der Waals surface area contributed by atoms with E-state index in [2.05, 4.69) is 0 Å². The van der Waals surface area contributed by atoms with E-state index in [9.17, 15) is 5.11 Å². The lowest BCUT2D eigenvalue weighted by Gasteiger charge is -2.20. The van der Waals surface area contributed by atoms with E-state index in [1.807, 2.05) is 0 Å². The highest BCUT2D eigenvalue weighted by Gasteiger charge is 2.19. The lowest BCUT2D eigenvalue weighted by Crippen LogP contribution is -2.36. The molecule has 1 aromatic carbocycles. The summed E-state index contributed by atoms with van der Waals surface area (Å²) in [5.74, 6) is 1.38. The van der Waals surface area contributed by atoms with E-state index in [-0.39, 0.29) is 13.2 Å². The van der Waals surface area contributed by atoms with Gasteiger partial charge in [0.15, 0.2) is 0 Å². The fourth-order valence-corrected chi connectivity index (χ4v) is 0.956. The summed E-state index contributed by atoms with van der Waals surface area (Å²) < 4.78 is 10.3. The van der Waals surface area contributed by atoms with Crippen LogP contribution in [0.1, 0.15) is 6.92 Å². The Bertz CT molecular complexity index is 292. The molecule has 0 bridgehead atoms. The van der Waals surface area contributed by atoms with Crippen LogP contribution in [-0.4, -0.2) is 36.1 Å². The molecule has 0 fully saturated rings. The van der Waals surface area contributed by atoms with Crippen LogP contribution in [0, 0.1) is 0 Å². The number of ether oxygens (including phenoxy) is 2. The van der Waals surface area contributed by atoms with Crippen LogP contribution in [0.3, 0.4) is 0 Å². The van der Waals surface area contributed by atoms with E-state index < -0.39 is 5.60 Å². The first-order valence-corrected chi connectivity index (χ1v) is 4.67. The number of hydrogen-bond acceptors (Lipinski definition) is 4. The van der Waals surface area contributed by atoms with Gasteiger partial charge in [-0.25, -0.2) is 0 Å². The fraction of sp³-hybridized carbons (Fsp3) is 0.455. The molecule has 0 amide bonds. The quantitative estimate of drug-likeness (QED) is 0.758. The highest BCUT2D eigenvalue weighted by atomic mass is 16.5. The second-order valence-electron chi connectivity index (χ2n) is 3.62. The third-order valence-electron chi connectivity index (χ3n) is 1.95. The number of rotatable bonds is 5. The van der Waals surface area contributed by atoms with Crippen molar-refractivity contribution in [3.05, 3.63) is 24.3 Å².